The predicted molar refractivity (Wildman–Crippen MR) is 93.9 cm³/mol. The van der Waals surface area contributed by atoms with Crippen molar-refractivity contribution in [3.63, 3.8) is 0 Å². The van der Waals surface area contributed by atoms with Crippen LogP contribution in [0.1, 0.15) is 35.8 Å². The lowest BCUT2D eigenvalue weighted by atomic mass is 9.95. The minimum Gasteiger partial charge on any atom is -0.422 e. The van der Waals surface area contributed by atoms with Gasteiger partial charge in [-0.2, -0.15) is 0 Å². The fourth-order valence-electron chi connectivity index (χ4n) is 2.74. The van der Waals surface area contributed by atoms with Gasteiger partial charge in [-0.05, 0) is 35.7 Å². The van der Waals surface area contributed by atoms with Crippen LogP contribution in [0.15, 0.2) is 63.8 Å². The van der Waals surface area contributed by atoms with Gasteiger partial charge in [-0.15, -0.1) is 0 Å². The lowest BCUT2D eigenvalue weighted by Crippen LogP contribution is -2.34. The first-order valence-electron chi connectivity index (χ1n) is 8.05. The average molecular weight is 339 g/mol. The van der Waals surface area contributed by atoms with Crippen molar-refractivity contribution in [2.75, 3.05) is 0 Å². The molecule has 1 heterocycles. The smallest absolute Gasteiger partial charge is 0.349 e. The Bertz CT molecular complexity index is 961. The molecule has 1 atom stereocenters. The van der Waals surface area contributed by atoms with E-state index in [1.165, 1.54) is 18.2 Å². The molecule has 25 heavy (non-hydrogen) atoms. The van der Waals surface area contributed by atoms with E-state index in [2.05, 4.69) is 5.32 Å². The van der Waals surface area contributed by atoms with Crippen molar-refractivity contribution in [3.8, 4) is 0 Å². The van der Waals surface area contributed by atoms with E-state index in [0.717, 1.165) is 5.56 Å². The number of fused-ring (bicyclic) bond motifs is 1. The van der Waals surface area contributed by atoms with Gasteiger partial charge in [0, 0.05) is 5.39 Å². The fourth-order valence-corrected chi connectivity index (χ4v) is 2.74. The summed E-state index contributed by atoms with van der Waals surface area (Å²) >= 11 is 0. The molecule has 1 unspecified atom stereocenters. The molecule has 1 N–H and O–H groups in total. The lowest BCUT2D eigenvalue weighted by Gasteiger charge is -2.22. The van der Waals surface area contributed by atoms with Crippen molar-refractivity contribution < 1.29 is 13.6 Å². The van der Waals surface area contributed by atoms with Crippen molar-refractivity contribution in [3.05, 3.63) is 82.0 Å². The summed E-state index contributed by atoms with van der Waals surface area (Å²) in [5.74, 6) is -0.794. The van der Waals surface area contributed by atoms with Crippen LogP contribution >= 0.6 is 0 Å². The molecule has 0 aliphatic heterocycles. The second kappa shape index (κ2) is 6.89. The molecule has 2 aromatic carbocycles. The zero-order chi connectivity index (χ0) is 18.0. The number of carbonyl (C=O) groups is 1. The van der Waals surface area contributed by atoms with Crippen LogP contribution in [0.25, 0.3) is 11.0 Å². The maximum Gasteiger partial charge on any atom is 0.349 e. The molecule has 1 aromatic heterocycles. The summed E-state index contributed by atoms with van der Waals surface area (Å²) in [5.41, 5.74) is 0.474. The summed E-state index contributed by atoms with van der Waals surface area (Å²) in [6.45, 7) is 3.88. The van der Waals surface area contributed by atoms with Gasteiger partial charge in [0.05, 0.1) is 6.04 Å². The third-order valence-electron chi connectivity index (χ3n) is 4.07. The van der Waals surface area contributed by atoms with Crippen LogP contribution in [0, 0.1) is 11.7 Å². The Labute approximate surface area is 144 Å². The first-order chi connectivity index (χ1) is 12.0. The number of halogens is 1. The van der Waals surface area contributed by atoms with Crippen molar-refractivity contribution in [2.24, 2.45) is 5.92 Å². The minimum absolute atomic E-state index is 0.0496. The van der Waals surface area contributed by atoms with E-state index in [1.807, 2.05) is 13.8 Å². The highest BCUT2D eigenvalue weighted by molar-refractivity contribution is 5.96. The minimum atomic E-state index is -0.683. The monoisotopic (exact) mass is 339 g/mol. The quantitative estimate of drug-likeness (QED) is 0.729. The number of hydrogen-bond acceptors (Lipinski definition) is 3. The van der Waals surface area contributed by atoms with Crippen LogP contribution in [0.2, 0.25) is 0 Å². The van der Waals surface area contributed by atoms with E-state index in [-0.39, 0.29) is 23.3 Å². The van der Waals surface area contributed by atoms with Gasteiger partial charge in [-0.25, -0.2) is 9.18 Å². The number of nitrogens with one attached hydrogen (secondary N) is 1. The molecule has 0 aliphatic carbocycles. The average Bonchev–Trinajstić information content (AvgIpc) is 2.59. The van der Waals surface area contributed by atoms with Crippen LogP contribution in [-0.2, 0) is 0 Å². The van der Waals surface area contributed by atoms with Gasteiger partial charge in [0.2, 0.25) is 0 Å². The zero-order valence-electron chi connectivity index (χ0n) is 14.0. The number of benzene rings is 2. The van der Waals surface area contributed by atoms with Crippen LogP contribution < -0.4 is 10.9 Å². The molecule has 128 valence electrons. The molecule has 0 radical (unpaired) electrons. The standard InChI is InChI=1S/C20H18FNO3/c1-12(2)18(13-7-9-15(21)10-8-13)22-19(23)16-11-14-5-3-4-6-17(14)25-20(16)24/h3-12,18H,1-2H3,(H,22,23). The summed E-state index contributed by atoms with van der Waals surface area (Å²) in [5, 5.41) is 3.53. The van der Waals surface area contributed by atoms with Crippen LogP contribution in [0.4, 0.5) is 4.39 Å². The van der Waals surface area contributed by atoms with Gasteiger partial charge in [-0.1, -0.05) is 44.2 Å². The molecule has 0 saturated carbocycles. The molecular weight excluding hydrogens is 321 g/mol. The van der Waals surface area contributed by atoms with E-state index in [4.69, 9.17) is 4.42 Å². The molecule has 0 aliphatic rings. The molecular formula is C20H18FNO3. The highest BCUT2D eigenvalue weighted by Crippen LogP contribution is 2.22. The summed E-state index contributed by atoms with van der Waals surface area (Å²) in [6.07, 6.45) is 0. The van der Waals surface area contributed by atoms with Crippen molar-refractivity contribution in [1.29, 1.82) is 0 Å². The Morgan fingerprint density at radius 2 is 1.76 bits per heavy atom. The predicted octanol–water partition coefficient (Wildman–Crippen LogP) is 4.06. The molecule has 3 aromatic rings. The number of carbonyl (C=O) groups excluding carboxylic acids is 1. The van der Waals surface area contributed by atoms with Gasteiger partial charge >= 0.3 is 5.63 Å². The second-order valence-corrected chi connectivity index (χ2v) is 6.23. The Morgan fingerprint density at radius 3 is 2.44 bits per heavy atom. The number of para-hydroxylation sites is 1. The molecule has 0 bridgehead atoms. The van der Waals surface area contributed by atoms with Crippen molar-refractivity contribution >= 4 is 16.9 Å². The van der Waals surface area contributed by atoms with E-state index in [1.54, 1.807) is 36.4 Å². The summed E-state index contributed by atoms with van der Waals surface area (Å²) in [6, 6.07) is 14.1. The number of hydrogen-bond donors (Lipinski definition) is 1. The SMILES string of the molecule is CC(C)C(NC(=O)c1cc2ccccc2oc1=O)c1ccc(F)cc1. The largest absolute Gasteiger partial charge is 0.422 e. The molecule has 0 spiro atoms. The van der Waals surface area contributed by atoms with Crippen molar-refractivity contribution in [1.82, 2.24) is 5.32 Å². The normalized spacial score (nSPS) is 12.3. The molecule has 4 nitrogen and oxygen atoms in total. The van der Waals surface area contributed by atoms with E-state index in [9.17, 15) is 14.0 Å². The Balaban J connectivity index is 1.93. The topological polar surface area (TPSA) is 59.3 Å². The number of rotatable bonds is 4. The Morgan fingerprint density at radius 1 is 1.08 bits per heavy atom. The molecule has 5 heteroatoms. The second-order valence-electron chi connectivity index (χ2n) is 6.23. The molecule has 0 saturated heterocycles. The summed E-state index contributed by atoms with van der Waals surface area (Å²) in [4.78, 5) is 24.7. The summed E-state index contributed by atoms with van der Waals surface area (Å²) < 4.78 is 18.4. The Hall–Kier alpha value is -2.95. The van der Waals surface area contributed by atoms with Crippen molar-refractivity contribution in [2.45, 2.75) is 19.9 Å². The van der Waals surface area contributed by atoms with Gasteiger partial charge in [0.1, 0.15) is 17.0 Å². The fraction of sp³-hybridized carbons (Fsp3) is 0.200. The van der Waals surface area contributed by atoms with Gasteiger partial charge in [0.15, 0.2) is 0 Å². The first kappa shape index (κ1) is 16.9. The van der Waals surface area contributed by atoms with Gasteiger partial charge in [0.25, 0.3) is 5.91 Å². The maximum atomic E-state index is 13.1. The molecule has 3 rings (SSSR count). The van der Waals surface area contributed by atoms with Gasteiger partial charge < -0.3 is 9.73 Å². The zero-order valence-corrected chi connectivity index (χ0v) is 14.0. The Kier molecular flexibility index (Phi) is 4.65. The number of amides is 1. The van der Waals surface area contributed by atoms with Crippen LogP contribution in [0.5, 0.6) is 0 Å². The van der Waals surface area contributed by atoms with Crippen LogP contribution in [-0.4, -0.2) is 5.91 Å². The highest BCUT2D eigenvalue weighted by atomic mass is 19.1. The molecule has 1 amide bonds. The van der Waals surface area contributed by atoms with E-state index >= 15 is 0 Å². The van der Waals surface area contributed by atoms with E-state index < -0.39 is 11.5 Å². The van der Waals surface area contributed by atoms with Gasteiger partial charge in [-0.3, -0.25) is 4.79 Å². The molecule has 0 fully saturated rings. The third kappa shape index (κ3) is 3.60. The van der Waals surface area contributed by atoms with Crippen LogP contribution in [0.3, 0.4) is 0 Å². The lowest BCUT2D eigenvalue weighted by molar-refractivity contribution is 0.0922. The van der Waals surface area contributed by atoms with E-state index in [0.29, 0.717) is 11.0 Å². The third-order valence-corrected chi connectivity index (χ3v) is 4.07. The highest BCUT2D eigenvalue weighted by Gasteiger charge is 2.21. The first-order valence-corrected chi connectivity index (χ1v) is 8.05. The maximum absolute atomic E-state index is 13.1. The summed E-state index contributed by atoms with van der Waals surface area (Å²) in [7, 11) is 0.